The second-order valence-corrected chi connectivity index (χ2v) is 6.09. The van der Waals surface area contributed by atoms with Gasteiger partial charge in [-0.15, -0.1) is 0 Å². The van der Waals surface area contributed by atoms with E-state index in [1.54, 1.807) is 24.3 Å². The van der Waals surface area contributed by atoms with Crippen molar-refractivity contribution in [2.24, 2.45) is 5.92 Å². The third kappa shape index (κ3) is 7.16. The second-order valence-electron chi connectivity index (χ2n) is 6.09. The van der Waals surface area contributed by atoms with Crippen molar-refractivity contribution in [3.8, 4) is 0 Å². The van der Waals surface area contributed by atoms with Crippen molar-refractivity contribution < 1.29 is 19.1 Å². The zero-order chi connectivity index (χ0) is 17.8. The summed E-state index contributed by atoms with van der Waals surface area (Å²) in [6.07, 6.45) is 6.17. The van der Waals surface area contributed by atoms with Gasteiger partial charge in [-0.1, -0.05) is 52.5 Å². The highest BCUT2D eigenvalue weighted by Crippen LogP contribution is 2.15. The molecule has 0 saturated carbocycles. The van der Waals surface area contributed by atoms with E-state index in [0.29, 0.717) is 30.3 Å². The van der Waals surface area contributed by atoms with E-state index in [1.165, 1.54) is 0 Å². The lowest BCUT2D eigenvalue weighted by Gasteiger charge is -2.14. The summed E-state index contributed by atoms with van der Waals surface area (Å²) in [6, 6.07) is 6.55. The van der Waals surface area contributed by atoms with Crippen LogP contribution in [0.25, 0.3) is 0 Å². The van der Waals surface area contributed by atoms with E-state index in [4.69, 9.17) is 9.47 Å². The molecule has 1 rings (SSSR count). The van der Waals surface area contributed by atoms with Gasteiger partial charge in [-0.2, -0.15) is 0 Å². The van der Waals surface area contributed by atoms with Gasteiger partial charge in [-0.3, -0.25) is 0 Å². The van der Waals surface area contributed by atoms with Crippen LogP contribution in [0.3, 0.4) is 0 Å². The van der Waals surface area contributed by atoms with Crippen molar-refractivity contribution in [2.45, 2.75) is 59.3 Å². The summed E-state index contributed by atoms with van der Waals surface area (Å²) < 4.78 is 10.6. The lowest BCUT2D eigenvalue weighted by molar-refractivity contribution is 0.0428. The van der Waals surface area contributed by atoms with E-state index in [9.17, 15) is 9.59 Å². The summed E-state index contributed by atoms with van der Waals surface area (Å²) in [6.45, 7) is 7.14. The molecule has 0 heterocycles. The topological polar surface area (TPSA) is 52.6 Å². The Balaban J connectivity index is 2.58. The molecule has 0 aromatic heterocycles. The van der Waals surface area contributed by atoms with Crippen molar-refractivity contribution in [2.75, 3.05) is 13.2 Å². The van der Waals surface area contributed by atoms with Crippen molar-refractivity contribution in [3.05, 3.63) is 35.4 Å². The van der Waals surface area contributed by atoms with Gasteiger partial charge in [-0.05, 0) is 37.0 Å². The number of carbonyl (C=O) groups excluding carboxylic acids is 2. The Morgan fingerprint density at radius 3 is 2.17 bits per heavy atom. The molecule has 0 aliphatic carbocycles. The van der Waals surface area contributed by atoms with E-state index in [2.05, 4.69) is 13.8 Å². The van der Waals surface area contributed by atoms with Gasteiger partial charge in [0.1, 0.15) is 0 Å². The lowest BCUT2D eigenvalue weighted by Crippen LogP contribution is -2.15. The van der Waals surface area contributed by atoms with Gasteiger partial charge in [-0.25, -0.2) is 9.59 Å². The molecule has 0 radical (unpaired) electrons. The van der Waals surface area contributed by atoms with E-state index < -0.39 is 5.97 Å². The molecule has 1 atom stereocenters. The minimum atomic E-state index is -0.396. The number of hydrogen-bond donors (Lipinski definition) is 0. The molecule has 1 aromatic rings. The summed E-state index contributed by atoms with van der Waals surface area (Å²) in [5.41, 5.74) is 0.781. The van der Waals surface area contributed by atoms with Gasteiger partial charge in [0.2, 0.25) is 0 Å². The number of ether oxygens (including phenoxy) is 2. The molecule has 0 aliphatic rings. The Labute approximate surface area is 145 Å². The van der Waals surface area contributed by atoms with Crippen LogP contribution < -0.4 is 0 Å². The van der Waals surface area contributed by atoms with E-state index in [-0.39, 0.29) is 5.97 Å². The fourth-order valence-corrected chi connectivity index (χ4v) is 2.34. The lowest BCUT2D eigenvalue weighted by atomic mass is 10.0. The van der Waals surface area contributed by atoms with Crippen molar-refractivity contribution in [1.82, 2.24) is 0 Å². The minimum absolute atomic E-state index is 0.381. The van der Waals surface area contributed by atoms with Crippen LogP contribution in [0.4, 0.5) is 0 Å². The Morgan fingerprint density at radius 2 is 1.58 bits per heavy atom. The van der Waals surface area contributed by atoms with Crippen molar-refractivity contribution >= 4 is 11.9 Å². The van der Waals surface area contributed by atoms with E-state index in [1.807, 2.05) is 6.92 Å². The molecule has 1 aromatic carbocycles. The van der Waals surface area contributed by atoms with E-state index >= 15 is 0 Å². The number of rotatable bonds is 11. The van der Waals surface area contributed by atoms with Crippen molar-refractivity contribution in [3.63, 3.8) is 0 Å². The highest BCUT2D eigenvalue weighted by atomic mass is 16.5. The minimum Gasteiger partial charge on any atom is -0.462 e. The number of unbranched alkanes of at least 4 members (excludes halogenated alkanes) is 2. The molecule has 0 bridgehead atoms. The third-order valence-corrected chi connectivity index (χ3v) is 4.06. The van der Waals surface area contributed by atoms with Crippen LogP contribution in [-0.4, -0.2) is 25.2 Å². The fraction of sp³-hybridized carbons (Fsp3) is 0.600. The highest BCUT2D eigenvalue weighted by molar-refractivity contribution is 5.95. The maximum Gasteiger partial charge on any atom is 0.338 e. The summed E-state index contributed by atoms with van der Waals surface area (Å²) >= 11 is 0. The number of hydrogen-bond acceptors (Lipinski definition) is 4. The first-order valence-electron chi connectivity index (χ1n) is 9.06. The molecule has 0 amide bonds. The van der Waals surface area contributed by atoms with Gasteiger partial charge >= 0.3 is 11.9 Å². The zero-order valence-corrected chi connectivity index (χ0v) is 15.2. The molecule has 0 saturated heterocycles. The molecule has 0 fully saturated rings. The van der Waals surface area contributed by atoms with Gasteiger partial charge in [0.15, 0.2) is 0 Å². The molecule has 1 unspecified atom stereocenters. The third-order valence-electron chi connectivity index (χ3n) is 4.06. The van der Waals surface area contributed by atoms with Gasteiger partial charge in [0.25, 0.3) is 0 Å². The molecular formula is C20H30O4. The normalized spacial score (nSPS) is 11.8. The SMILES string of the molecule is CCCCOC(=O)c1cccc(C(=O)OCC(CC)CCCC)c1. The highest BCUT2D eigenvalue weighted by Gasteiger charge is 2.14. The van der Waals surface area contributed by atoms with Crippen LogP contribution in [0.1, 0.15) is 80.0 Å². The van der Waals surface area contributed by atoms with Crippen LogP contribution >= 0.6 is 0 Å². The van der Waals surface area contributed by atoms with E-state index in [0.717, 1.165) is 38.5 Å². The van der Waals surface area contributed by atoms with Gasteiger partial charge in [0, 0.05) is 0 Å². The quantitative estimate of drug-likeness (QED) is 0.421. The maximum atomic E-state index is 12.2. The fourth-order valence-electron chi connectivity index (χ4n) is 2.34. The zero-order valence-electron chi connectivity index (χ0n) is 15.2. The first-order chi connectivity index (χ1) is 11.6. The summed E-state index contributed by atoms with van der Waals surface area (Å²) in [7, 11) is 0. The number of esters is 2. The van der Waals surface area contributed by atoms with Gasteiger partial charge in [0.05, 0.1) is 24.3 Å². The summed E-state index contributed by atoms with van der Waals surface area (Å²) in [5, 5.41) is 0. The Bertz CT molecular complexity index is 510. The average Bonchev–Trinajstić information content (AvgIpc) is 2.62. The standard InChI is InChI=1S/C20H30O4/c1-4-7-10-16(6-3)15-24-20(22)18-12-9-11-17(14-18)19(21)23-13-8-5-2/h9,11-12,14,16H,4-8,10,13,15H2,1-3H3. The predicted molar refractivity (Wildman–Crippen MR) is 95.2 cm³/mol. The Kier molecular flexibility index (Phi) is 9.81. The summed E-state index contributed by atoms with van der Waals surface area (Å²) in [5.74, 6) is -0.378. The largest absolute Gasteiger partial charge is 0.462 e. The van der Waals surface area contributed by atoms with Gasteiger partial charge < -0.3 is 9.47 Å². The smallest absolute Gasteiger partial charge is 0.338 e. The number of carbonyl (C=O) groups is 2. The predicted octanol–water partition coefficient (Wildman–Crippen LogP) is 5.02. The first kappa shape index (κ1) is 20.2. The Morgan fingerprint density at radius 1 is 0.958 bits per heavy atom. The molecule has 24 heavy (non-hydrogen) atoms. The maximum absolute atomic E-state index is 12.2. The molecule has 4 heteroatoms. The average molecular weight is 334 g/mol. The van der Waals surface area contributed by atoms with Crippen molar-refractivity contribution in [1.29, 1.82) is 0 Å². The molecule has 0 spiro atoms. The molecule has 134 valence electrons. The van der Waals surface area contributed by atoms with Crippen LogP contribution in [0.15, 0.2) is 24.3 Å². The Hall–Kier alpha value is -1.84. The summed E-state index contributed by atoms with van der Waals surface area (Å²) in [4.78, 5) is 24.2. The van der Waals surface area contributed by atoms with Crippen LogP contribution in [0.5, 0.6) is 0 Å². The first-order valence-corrected chi connectivity index (χ1v) is 9.06. The second kappa shape index (κ2) is 11.7. The molecule has 0 N–H and O–H groups in total. The monoisotopic (exact) mass is 334 g/mol. The van der Waals surface area contributed by atoms with Crippen LogP contribution in [0.2, 0.25) is 0 Å². The molecule has 0 aliphatic heterocycles. The number of benzene rings is 1. The molecule has 4 nitrogen and oxygen atoms in total. The molecular weight excluding hydrogens is 304 g/mol. The van der Waals surface area contributed by atoms with Crippen LogP contribution in [0, 0.1) is 5.92 Å². The van der Waals surface area contributed by atoms with Crippen LogP contribution in [-0.2, 0) is 9.47 Å².